The molecular weight excluding hydrogens is 368 g/mol. The standard InChI is InChI=1S/C19H24N2O5S/c1-13(2)19(4,11-17(22)23)20-18(24)15-9-10-21(12-15)27(25,26)16-7-5-14(3)6-8-16/h5-10,12-13H,11H2,1-4H3,(H,20,24)(H,22,23). The van der Waals surface area contributed by atoms with Crippen LogP contribution in [0.25, 0.3) is 0 Å². The van der Waals surface area contributed by atoms with Gasteiger partial charge in [-0.3, -0.25) is 9.59 Å². The number of hydrogen-bond acceptors (Lipinski definition) is 4. The molecular formula is C19H24N2O5S. The molecule has 0 saturated carbocycles. The Bertz CT molecular complexity index is 945. The van der Waals surface area contributed by atoms with Crippen LogP contribution < -0.4 is 5.32 Å². The summed E-state index contributed by atoms with van der Waals surface area (Å²) in [5.41, 5.74) is 0.122. The third-order valence-corrected chi connectivity index (χ3v) is 6.37. The Hall–Kier alpha value is -2.61. The van der Waals surface area contributed by atoms with Gasteiger partial charge in [0.1, 0.15) is 0 Å². The van der Waals surface area contributed by atoms with Crippen LogP contribution >= 0.6 is 0 Å². The van der Waals surface area contributed by atoms with E-state index in [0.29, 0.717) is 0 Å². The van der Waals surface area contributed by atoms with Crippen molar-refractivity contribution in [2.45, 2.75) is 44.6 Å². The van der Waals surface area contributed by atoms with Crippen molar-refractivity contribution in [2.24, 2.45) is 5.92 Å². The molecule has 1 amide bonds. The summed E-state index contributed by atoms with van der Waals surface area (Å²) in [7, 11) is -3.80. The van der Waals surface area contributed by atoms with E-state index in [0.717, 1.165) is 9.54 Å². The van der Waals surface area contributed by atoms with Gasteiger partial charge < -0.3 is 10.4 Å². The molecule has 7 nitrogen and oxygen atoms in total. The molecule has 0 saturated heterocycles. The molecule has 0 spiro atoms. The zero-order valence-corrected chi connectivity index (χ0v) is 16.6. The van der Waals surface area contributed by atoms with Gasteiger partial charge in [0, 0.05) is 12.4 Å². The van der Waals surface area contributed by atoms with E-state index in [1.165, 1.54) is 30.6 Å². The fraction of sp³-hybridized carbons (Fsp3) is 0.368. The SMILES string of the molecule is Cc1ccc(S(=O)(=O)n2ccc(C(=O)NC(C)(CC(=O)O)C(C)C)c2)cc1. The Balaban J connectivity index is 2.27. The normalized spacial score (nSPS) is 14.0. The zero-order chi connectivity index (χ0) is 20.4. The van der Waals surface area contributed by atoms with Gasteiger partial charge in [0.15, 0.2) is 0 Å². The molecule has 1 aromatic carbocycles. The highest BCUT2D eigenvalue weighted by atomic mass is 32.2. The number of carbonyl (C=O) groups is 2. The fourth-order valence-corrected chi connectivity index (χ4v) is 3.73. The lowest BCUT2D eigenvalue weighted by atomic mass is 9.85. The third-order valence-electron chi connectivity index (χ3n) is 4.72. The van der Waals surface area contributed by atoms with Gasteiger partial charge in [-0.1, -0.05) is 31.5 Å². The number of aryl methyl sites for hydroxylation is 1. The van der Waals surface area contributed by atoms with Crippen molar-refractivity contribution in [3.8, 4) is 0 Å². The van der Waals surface area contributed by atoms with Crippen LogP contribution in [0.15, 0.2) is 47.6 Å². The second-order valence-electron chi connectivity index (χ2n) is 7.14. The lowest BCUT2D eigenvalue weighted by Crippen LogP contribution is -2.51. The maximum absolute atomic E-state index is 12.7. The molecule has 0 aliphatic heterocycles. The Morgan fingerprint density at radius 2 is 1.78 bits per heavy atom. The van der Waals surface area contributed by atoms with Crippen LogP contribution in [0.2, 0.25) is 0 Å². The van der Waals surface area contributed by atoms with E-state index in [1.807, 2.05) is 20.8 Å². The van der Waals surface area contributed by atoms with E-state index in [-0.39, 0.29) is 22.8 Å². The maximum Gasteiger partial charge on any atom is 0.305 e. The van der Waals surface area contributed by atoms with Crippen molar-refractivity contribution in [2.75, 3.05) is 0 Å². The minimum absolute atomic E-state index is 0.119. The number of carboxylic acids is 1. The van der Waals surface area contributed by atoms with Crippen LogP contribution in [-0.2, 0) is 14.8 Å². The van der Waals surface area contributed by atoms with E-state index in [9.17, 15) is 18.0 Å². The summed E-state index contributed by atoms with van der Waals surface area (Å²) in [6.07, 6.45) is 2.29. The topological polar surface area (TPSA) is 105 Å². The molecule has 0 fully saturated rings. The van der Waals surface area contributed by atoms with Crippen molar-refractivity contribution in [1.82, 2.24) is 9.29 Å². The van der Waals surface area contributed by atoms with E-state index >= 15 is 0 Å². The van der Waals surface area contributed by atoms with Gasteiger partial charge in [0.25, 0.3) is 15.9 Å². The molecule has 2 N–H and O–H groups in total. The van der Waals surface area contributed by atoms with Crippen LogP contribution in [0.5, 0.6) is 0 Å². The summed E-state index contributed by atoms with van der Waals surface area (Å²) >= 11 is 0. The highest BCUT2D eigenvalue weighted by molar-refractivity contribution is 7.90. The number of carboxylic acid groups (broad SMARTS) is 1. The molecule has 0 bridgehead atoms. The monoisotopic (exact) mass is 392 g/mol. The number of nitrogens with one attached hydrogen (secondary N) is 1. The lowest BCUT2D eigenvalue weighted by molar-refractivity contribution is -0.138. The third kappa shape index (κ3) is 4.57. The number of benzene rings is 1. The quantitative estimate of drug-likeness (QED) is 0.754. The molecule has 1 heterocycles. The second-order valence-corrected chi connectivity index (χ2v) is 8.99. The molecule has 27 heavy (non-hydrogen) atoms. The van der Waals surface area contributed by atoms with Gasteiger partial charge in [-0.25, -0.2) is 12.4 Å². The molecule has 8 heteroatoms. The Morgan fingerprint density at radius 3 is 2.30 bits per heavy atom. The Kier molecular flexibility index (Phi) is 5.79. The van der Waals surface area contributed by atoms with Crippen LogP contribution in [0.1, 0.15) is 43.1 Å². The minimum Gasteiger partial charge on any atom is -0.481 e. The number of rotatable bonds is 7. The first kappa shape index (κ1) is 20.7. The first-order valence-electron chi connectivity index (χ1n) is 8.50. The predicted octanol–water partition coefficient (Wildman–Crippen LogP) is 2.65. The summed E-state index contributed by atoms with van der Waals surface area (Å²) < 4.78 is 26.3. The molecule has 2 rings (SSSR count). The summed E-state index contributed by atoms with van der Waals surface area (Å²) in [5.74, 6) is -1.67. The van der Waals surface area contributed by atoms with Gasteiger partial charge in [0.2, 0.25) is 0 Å². The number of carbonyl (C=O) groups excluding carboxylic acids is 1. The minimum atomic E-state index is -3.80. The van der Waals surface area contributed by atoms with Crippen molar-refractivity contribution < 1.29 is 23.1 Å². The van der Waals surface area contributed by atoms with Crippen molar-refractivity contribution in [3.05, 3.63) is 53.9 Å². The number of hydrogen-bond donors (Lipinski definition) is 2. The largest absolute Gasteiger partial charge is 0.481 e. The number of aliphatic carboxylic acids is 1. The molecule has 146 valence electrons. The summed E-state index contributed by atoms with van der Waals surface area (Å²) in [6.45, 7) is 7.15. The molecule has 0 aliphatic carbocycles. The Labute approximate surface area is 159 Å². The van der Waals surface area contributed by atoms with Crippen LogP contribution in [-0.4, -0.2) is 34.9 Å². The van der Waals surface area contributed by atoms with Crippen molar-refractivity contribution >= 4 is 21.9 Å². The van der Waals surface area contributed by atoms with Gasteiger partial charge in [-0.05, 0) is 38.0 Å². The first-order valence-corrected chi connectivity index (χ1v) is 9.94. The van der Waals surface area contributed by atoms with Crippen LogP contribution in [0.4, 0.5) is 0 Å². The van der Waals surface area contributed by atoms with Gasteiger partial charge in [-0.2, -0.15) is 0 Å². The highest BCUT2D eigenvalue weighted by Crippen LogP contribution is 2.22. The van der Waals surface area contributed by atoms with Gasteiger partial charge in [0.05, 0.1) is 22.4 Å². The van der Waals surface area contributed by atoms with Crippen LogP contribution in [0, 0.1) is 12.8 Å². The van der Waals surface area contributed by atoms with Crippen molar-refractivity contribution in [1.29, 1.82) is 0 Å². The molecule has 0 aliphatic rings. The summed E-state index contributed by atoms with van der Waals surface area (Å²) in [6, 6.07) is 7.80. The average molecular weight is 392 g/mol. The number of amides is 1. The van der Waals surface area contributed by atoms with Crippen molar-refractivity contribution in [3.63, 3.8) is 0 Å². The highest BCUT2D eigenvalue weighted by Gasteiger charge is 2.33. The van der Waals surface area contributed by atoms with E-state index in [4.69, 9.17) is 5.11 Å². The lowest BCUT2D eigenvalue weighted by Gasteiger charge is -2.33. The van der Waals surface area contributed by atoms with Crippen LogP contribution in [0.3, 0.4) is 0 Å². The molecule has 1 aromatic heterocycles. The summed E-state index contributed by atoms with van der Waals surface area (Å²) in [4.78, 5) is 23.8. The smallest absolute Gasteiger partial charge is 0.305 e. The molecule has 1 unspecified atom stereocenters. The molecule has 2 aromatic rings. The average Bonchev–Trinajstić information content (AvgIpc) is 3.05. The fourth-order valence-electron chi connectivity index (χ4n) is 2.53. The Morgan fingerprint density at radius 1 is 1.19 bits per heavy atom. The second kappa shape index (κ2) is 7.56. The van der Waals surface area contributed by atoms with E-state index in [1.54, 1.807) is 19.1 Å². The molecule has 1 atom stereocenters. The van der Waals surface area contributed by atoms with E-state index < -0.39 is 27.4 Å². The maximum atomic E-state index is 12.7. The van der Waals surface area contributed by atoms with E-state index in [2.05, 4.69) is 5.32 Å². The summed E-state index contributed by atoms with van der Waals surface area (Å²) in [5, 5.41) is 11.8. The predicted molar refractivity (Wildman–Crippen MR) is 101 cm³/mol. The van der Waals surface area contributed by atoms with Gasteiger partial charge >= 0.3 is 5.97 Å². The first-order chi connectivity index (χ1) is 12.5. The molecule has 0 radical (unpaired) electrons. The number of nitrogens with zero attached hydrogens (tertiary/aromatic N) is 1. The number of aromatic nitrogens is 1. The zero-order valence-electron chi connectivity index (χ0n) is 15.8. The van der Waals surface area contributed by atoms with Gasteiger partial charge in [-0.15, -0.1) is 0 Å².